The maximum absolute atomic E-state index is 9.51. The first-order chi connectivity index (χ1) is 6.72. The minimum absolute atomic E-state index is 0.615. The molecule has 0 fully saturated rings. The van der Waals surface area contributed by atoms with E-state index in [9.17, 15) is 5.11 Å². The van der Waals surface area contributed by atoms with Crippen molar-refractivity contribution in [3.8, 4) is 0 Å². The smallest absolute Gasteiger partial charge is 0.198 e. The Kier molecular flexibility index (Phi) is 2.54. The van der Waals surface area contributed by atoms with Crippen molar-refractivity contribution in [2.75, 3.05) is 7.11 Å². The van der Waals surface area contributed by atoms with Crippen LogP contribution in [0.1, 0.15) is 12.0 Å². The Morgan fingerprint density at radius 1 is 1.57 bits per heavy atom. The van der Waals surface area contributed by atoms with Gasteiger partial charge in [-0.15, -0.1) is 0 Å². The zero-order chi connectivity index (χ0) is 10.1. The topological polar surface area (TPSA) is 46.8 Å². The summed E-state index contributed by atoms with van der Waals surface area (Å²) in [7, 11) is 1.45. The molecule has 0 amide bonds. The van der Waals surface area contributed by atoms with Gasteiger partial charge >= 0.3 is 0 Å². The SMILES string of the molecule is CO[C@@H](O)c1cnc2ccc(Br)cn12. The second-order valence-corrected chi connectivity index (χ2v) is 3.76. The van der Waals surface area contributed by atoms with Crippen LogP contribution in [-0.4, -0.2) is 21.6 Å². The van der Waals surface area contributed by atoms with E-state index in [1.807, 2.05) is 18.3 Å². The van der Waals surface area contributed by atoms with Crippen molar-refractivity contribution in [3.05, 3.63) is 34.7 Å². The third kappa shape index (κ3) is 1.54. The lowest BCUT2D eigenvalue weighted by Crippen LogP contribution is -2.03. The fourth-order valence-electron chi connectivity index (χ4n) is 1.28. The second-order valence-electron chi connectivity index (χ2n) is 2.85. The largest absolute Gasteiger partial charge is 0.363 e. The normalized spacial score (nSPS) is 13.4. The van der Waals surface area contributed by atoms with Crippen LogP contribution in [0.15, 0.2) is 29.0 Å². The number of rotatable bonds is 2. The van der Waals surface area contributed by atoms with Gasteiger partial charge in [-0.25, -0.2) is 4.98 Å². The van der Waals surface area contributed by atoms with Gasteiger partial charge in [0.1, 0.15) is 5.65 Å². The first kappa shape index (κ1) is 9.64. The summed E-state index contributed by atoms with van der Waals surface area (Å²) < 4.78 is 7.52. The molecular weight excluding hydrogens is 248 g/mol. The van der Waals surface area contributed by atoms with Crippen molar-refractivity contribution in [2.24, 2.45) is 0 Å². The summed E-state index contributed by atoms with van der Waals surface area (Å²) in [4.78, 5) is 4.13. The molecule has 2 rings (SSSR count). The molecule has 0 radical (unpaired) electrons. The zero-order valence-electron chi connectivity index (χ0n) is 7.51. The molecule has 0 aromatic carbocycles. The van der Waals surface area contributed by atoms with Gasteiger partial charge in [0.15, 0.2) is 6.29 Å². The highest BCUT2D eigenvalue weighted by molar-refractivity contribution is 9.10. The monoisotopic (exact) mass is 256 g/mol. The summed E-state index contributed by atoms with van der Waals surface area (Å²) in [5, 5.41) is 9.51. The molecular formula is C9H9BrN2O2. The van der Waals surface area contributed by atoms with Crippen LogP contribution in [0.4, 0.5) is 0 Å². The van der Waals surface area contributed by atoms with Gasteiger partial charge < -0.3 is 9.84 Å². The molecule has 2 aromatic heterocycles. The number of pyridine rings is 1. The van der Waals surface area contributed by atoms with Gasteiger partial charge in [-0.3, -0.25) is 4.40 Å². The summed E-state index contributed by atoms with van der Waals surface area (Å²) in [6, 6.07) is 3.75. The van der Waals surface area contributed by atoms with Crippen molar-refractivity contribution >= 4 is 21.6 Å². The summed E-state index contributed by atoms with van der Waals surface area (Å²) in [6.45, 7) is 0. The molecule has 0 saturated heterocycles. The molecule has 5 heteroatoms. The first-order valence-corrected chi connectivity index (χ1v) is 4.85. The summed E-state index contributed by atoms with van der Waals surface area (Å²) in [6.07, 6.45) is 2.48. The highest BCUT2D eigenvalue weighted by Crippen LogP contribution is 2.18. The number of aliphatic hydroxyl groups is 1. The maximum atomic E-state index is 9.51. The minimum Gasteiger partial charge on any atom is -0.363 e. The van der Waals surface area contributed by atoms with E-state index in [2.05, 4.69) is 20.9 Å². The molecule has 2 aromatic rings. The molecule has 74 valence electrons. The molecule has 0 spiro atoms. The van der Waals surface area contributed by atoms with Crippen LogP contribution in [0, 0.1) is 0 Å². The Balaban J connectivity index is 2.61. The fraction of sp³-hybridized carbons (Fsp3) is 0.222. The number of aromatic nitrogens is 2. The van der Waals surface area contributed by atoms with E-state index in [4.69, 9.17) is 4.74 Å². The number of methoxy groups -OCH3 is 1. The van der Waals surface area contributed by atoms with Crippen molar-refractivity contribution in [3.63, 3.8) is 0 Å². The Hall–Kier alpha value is -0.910. The van der Waals surface area contributed by atoms with E-state index >= 15 is 0 Å². The number of nitrogens with zero attached hydrogens (tertiary/aromatic N) is 2. The summed E-state index contributed by atoms with van der Waals surface area (Å²) in [5.41, 5.74) is 1.39. The molecule has 1 atom stereocenters. The summed E-state index contributed by atoms with van der Waals surface area (Å²) >= 11 is 3.35. The zero-order valence-corrected chi connectivity index (χ0v) is 9.10. The Bertz CT molecular complexity index is 455. The Morgan fingerprint density at radius 3 is 3.07 bits per heavy atom. The third-order valence-electron chi connectivity index (χ3n) is 1.97. The molecule has 0 aliphatic heterocycles. The summed E-state index contributed by atoms with van der Waals surface area (Å²) in [5.74, 6) is 0. The molecule has 4 nitrogen and oxygen atoms in total. The van der Waals surface area contributed by atoms with Gasteiger partial charge in [0.25, 0.3) is 0 Å². The highest BCUT2D eigenvalue weighted by atomic mass is 79.9. The van der Waals surface area contributed by atoms with E-state index < -0.39 is 6.29 Å². The van der Waals surface area contributed by atoms with Crippen LogP contribution in [-0.2, 0) is 4.74 Å². The average Bonchev–Trinajstić information content (AvgIpc) is 2.59. The maximum Gasteiger partial charge on any atom is 0.198 e. The van der Waals surface area contributed by atoms with Gasteiger partial charge in [0.2, 0.25) is 0 Å². The molecule has 0 bridgehead atoms. The molecule has 14 heavy (non-hydrogen) atoms. The van der Waals surface area contributed by atoms with Gasteiger partial charge in [-0.2, -0.15) is 0 Å². The van der Waals surface area contributed by atoms with E-state index in [1.165, 1.54) is 7.11 Å². The number of aliphatic hydroxyl groups excluding tert-OH is 1. The predicted molar refractivity (Wildman–Crippen MR) is 54.9 cm³/mol. The third-order valence-corrected chi connectivity index (χ3v) is 2.44. The van der Waals surface area contributed by atoms with Crippen LogP contribution in [0.25, 0.3) is 5.65 Å². The van der Waals surface area contributed by atoms with Crippen molar-refractivity contribution in [2.45, 2.75) is 6.29 Å². The van der Waals surface area contributed by atoms with E-state index in [0.717, 1.165) is 10.1 Å². The van der Waals surface area contributed by atoms with Crippen LogP contribution < -0.4 is 0 Å². The number of imidazole rings is 1. The van der Waals surface area contributed by atoms with Crippen LogP contribution in [0.2, 0.25) is 0 Å². The number of halogens is 1. The number of ether oxygens (including phenoxy) is 1. The van der Waals surface area contributed by atoms with Crippen LogP contribution in [0.3, 0.4) is 0 Å². The molecule has 0 saturated carbocycles. The highest BCUT2D eigenvalue weighted by Gasteiger charge is 2.11. The molecule has 1 N–H and O–H groups in total. The van der Waals surface area contributed by atoms with Crippen molar-refractivity contribution < 1.29 is 9.84 Å². The molecule has 2 heterocycles. The predicted octanol–water partition coefficient (Wildman–Crippen LogP) is 1.73. The molecule has 0 aliphatic rings. The Labute approximate surface area is 89.3 Å². The van der Waals surface area contributed by atoms with Gasteiger partial charge in [0, 0.05) is 17.8 Å². The van der Waals surface area contributed by atoms with E-state index in [-0.39, 0.29) is 0 Å². The standard InChI is InChI=1S/C9H9BrN2O2/c1-14-9(13)7-4-11-8-3-2-6(10)5-12(7)8/h2-5,9,13H,1H3/t9-/m1/s1. The van der Waals surface area contributed by atoms with Crippen molar-refractivity contribution in [1.29, 1.82) is 0 Å². The Morgan fingerprint density at radius 2 is 2.36 bits per heavy atom. The van der Waals surface area contributed by atoms with Crippen molar-refractivity contribution in [1.82, 2.24) is 9.38 Å². The number of hydrogen-bond donors (Lipinski definition) is 1. The minimum atomic E-state index is -0.945. The van der Waals surface area contributed by atoms with Crippen LogP contribution in [0.5, 0.6) is 0 Å². The van der Waals surface area contributed by atoms with Gasteiger partial charge in [-0.1, -0.05) is 0 Å². The first-order valence-electron chi connectivity index (χ1n) is 4.06. The van der Waals surface area contributed by atoms with E-state index in [0.29, 0.717) is 5.69 Å². The van der Waals surface area contributed by atoms with Crippen LogP contribution >= 0.6 is 15.9 Å². The van der Waals surface area contributed by atoms with Gasteiger partial charge in [0.05, 0.1) is 11.9 Å². The number of fused-ring (bicyclic) bond motifs is 1. The lowest BCUT2D eigenvalue weighted by molar-refractivity contribution is -0.0804. The lowest BCUT2D eigenvalue weighted by atomic mass is 10.4. The average molecular weight is 257 g/mol. The molecule has 0 unspecified atom stereocenters. The van der Waals surface area contributed by atoms with Gasteiger partial charge in [-0.05, 0) is 28.1 Å². The fourth-order valence-corrected chi connectivity index (χ4v) is 1.61. The molecule has 0 aliphatic carbocycles. The lowest BCUT2D eigenvalue weighted by Gasteiger charge is -2.07. The van der Waals surface area contributed by atoms with E-state index in [1.54, 1.807) is 10.6 Å². The second kappa shape index (κ2) is 3.68. The quantitative estimate of drug-likeness (QED) is 0.833. The number of hydrogen-bond acceptors (Lipinski definition) is 3.